The normalized spacial score (nSPS) is 21.2. The van der Waals surface area contributed by atoms with Gasteiger partial charge in [-0.15, -0.1) is 12.4 Å². The van der Waals surface area contributed by atoms with Gasteiger partial charge in [0.15, 0.2) is 0 Å². The predicted octanol–water partition coefficient (Wildman–Crippen LogP) is 1.52. The molecule has 0 aromatic heterocycles. The molecule has 1 saturated heterocycles. The second-order valence-electron chi connectivity index (χ2n) is 6.35. The number of halogens is 1. The van der Waals surface area contributed by atoms with E-state index in [9.17, 15) is 13.2 Å². The first-order valence-corrected chi connectivity index (χ1v) is 9.42. The zero-order valence-electron chi connectivity index (χ0n) is 14.2. The molecule has 1 fully saturated rings. The Balaban J connectivity index is 0.00000288. The second kappa shape index (κ2) is 8.80. The standard InChI is InChI=1S/C16H25N3O3S.ClH/c1-11(2)19-23(21,22)14-6-4-13(5-7-14)16(20)18-15-10-17-9-8-12(15)3;/h4-7,11-12,15,17,19H,8-10H2,1-3H3,(H,18,20);1H. The lowest BCUT2D eigenvalue weighted by Crippen LogP contribution is -2.50. The number of piperidine rings is 1. The molecular formula is C16H26ClN3O3S. The molecular weight excluding hydrogens is 350 g/mol. The number of carbonyl (C=O) groups excluding carboxylic acids is 1. The van der Waals surface area contributed by atoms with Gasteiger partial charge in [-0.1, -0.05) is 6.92 Å². The molecule has 6 nitrogen and oxygen atoms in total. The van der Waals surface area contributed by atoms with Crippen LogP contribution in [0.25, 0.3) is 0 Å². The Bertz CT molecular complexity index is 647. The van der Waals surface area contributed by atoms with E-state index in [1.54, 1.807) is 26.0 Å². The molecule has 1 aliphatic rings. The van der Waals surface area contributed by atoms with Crippen LogP contribution in [0.1, 0.15) is 37.6 Å². The highest BCUT2D eigenvalue weighted by Gasteiger charge is 2.23. The Kier molecular flexibility index (Phi) is 7.66. The molecule has 0 radical (unpaired) electrons. The average Bonchev–Trinajstić information content (AvgIpc) is 2.48. The van der Waals surface area contributed by atoms with Crippen LogP contribution in [0, 0.1) is 5.92 Å². The maximum Gasteiger partial charge on any atom is 0.251 e. The lowest BCUT2D eigenvalue weighted by Gasteiger charge is -2.30. The Morgan fingerprint density at radius 2 is 1.88 bits per heavy atom. The molecule has 8 heteroatoms. The van der Waals surface area contributed by atoms with Gasteiger partial charge < -0.3 is 10.6 Å². The van der Waals surface area contributed by atoms with Crippen LogP contribution in [0.4, 0.5) is 0 Å². The van der Waals surface area contributed by atoms with E-state index in [0.717, 1.165) is 19.5 Å². The number of sulfonamides is 1. The summed E-state index contributed by atoms with van der Waals surface area (Å²) < 4.78 is 26.6. The molecule has 0 spiro atoms. The van der Waals surface area contributed by atoms with E-state index in [1.165, 1.54) is 12.1 Å². The van der Waals surface area contributed by atoms with Gasteiger partial charge in [-0.25, -0.2) is 13.1 Å². The molecule has 0 saturated carbocycles. The van der Waals surface area contributed by atoms with Gasteiger partial charge in [-0.3, -0.25) is 4.79 Å². The summed E-state index contributed by atoms with van der Waals surface area (Å²) in [6, 6.07) is 5.94. The fourth-order valence-corrected chi connectivity index (χ4v) is 3.85. The molecule has 2 atom stereocenters. The molecule has 2 rings (SSSR count). The fourth-order valence-electron chi connectivity index (χ4n) is 2.60. The van der Waals surface area contributed by atoms with E-state index in [4.69, 9.17) is 0 Å². The number of rotatable bonds is 5. The van der Waals surface area contributed by atoms with Gasteiger partial charge in [0.2, 0.25) is 10.0 Å². The maximum absolute atomic E-state index is 12.3. The van der Waals surface area contributed by atoms with Crippen LogP contribution in [0.3, 0.4) is 0 Å². The van der Waals surface area contributed by atoms with Crippen LogP contribution in [0.2, 0.25) is 0 Å². The second-order valence-corrected chi connectivity index (χ2v) is 8.06. The minimum absolute atomic E-state index is 0. The van der Waals surface area contributed by atoms with Crippen molar-refractivity contribution >= 4 is 28.3 Å². The summed E-state index contributed by atoms with van der Waals surface area (Å²) in [5.74, 6) is 0.251. The highest BCUT2D eigenvalue weighted by atomic mass is 35.5. The molecule has 0 bridgehead atoms. The summed E-state index contributed by atoms with van der Waals surface area (Å²) in [5.41, 5.74) is 0.464. The summed E-state index contributed by atoms with van der Waals surface area (Å²) in [5, 5.41) is 6.28. The van der Waals surface area contributed by atoms with Crippen LogP contribution >= 0.6 is 12.4 Å². The van der Waals surface area contributed by atoms with Crippen LogP contribution in [-0.2, 0) is 10.0 Å². The van der Waals surface area contributed by atoms with Gasteiger partial charge in [0, 0.05) is 24.2 Å². The highest BCUT2D eigenvalue weighted by Crippen LogP contribution is 2.14. The highest BCUT2D eigenvalue weighted by molar-refractivity contribution is 7.89. The van der Waals surface area contributed by atoms with Crippen molar-refractivity contribution in [2.75, 3.05) is 13.1 Å². The molecule has 1 aromatic carbocycles. The Labute approximate surface area is 150 Å². The number of amides is 1. The minimum Gasteiger partial charge on any atom is -0.348 e. The average molecular weight is 376 g/mol. The summed E-state index contributed by atoms with van der Waals surface area (Å²) in [6.45, 7) is 7.39. The Morgan fingerprint density at radius 3 is 2.42 bits per heavy atom. The number of hydrogen-bond acceptors (Lipinski definition) is 4. The molecule has 1 aromatic rings. The topological polar surface area (TPSA) is 87.3 Å². The Hall–Kier alpha value is -1.15. The zero-order valence-corrected chi connectivity index (χ0v) is 15.8. The lowest BCUT2D eigenvalue weighted by atomic mass is 9.94. The molecule has 0 aliphatic carbocycles. The molecule has 24 heavy (non-hydrogen) atoms. The molecule has 2 unspecified atom stereocenters. The molecule has 1 heterocycles. The van der Waals surface area contributed by atoms with Crippen LogP contribution in [-0.4, -0.2) is 39.5 Å². The maximum atomic E-state index is 12.3. The quantitative estimate of drug-likeness (QED) is 0.728. The summed E-state index contributed by atoms with van der Waals surface area (Å²) >= 11 is 0. The van der Waals surface area contributed by atoms with E-state index in [-0.39, 0.29) is 35.3 Å². The smallest absolute Gasteiger partial charge is 0.251 e. The van der Waals surface area contributed by atoms with Gasteiger partial charge in [0.05, 0.1) is 4.90 Å². The number of carbonyl (C=O) groups is 1. The number of nitrogens with one attached hydrogen (secondary N) is 3. The van der Waals surface area contributed by atoms with E-state index in [0.29, 0.717) is 11.5 Å². The van der Waals surface area contributed by atoms with Crippen molar-refractivity contribution in [2.45, 2.75) is 44.2 Å². The summed E-state index contributed by atoms with van der Waals surface area (Å²) in [4.78, 5) is 12.5. The van der Waals surface area contributed by atoms with Gasteiger partial charge >= 0.3 is 0 Å². The van der Waals surface area contributed by atoms with Crippen molar-refractivity contribution in [3.05, 3.63) is 29.8 Å². The SMILES string of the molecule is CC(C)NS(=O)(=O)c1ccc(C(=O)NC2CNCCC2C)cc1.Cl. The predicted molar refractivity (Wildman–Crippen MR) is 97.1 cm³/mol. The van der Waals surface area contributed by atoms with E-state index < -0.39 is 10.0 Å². The van der Waals surface area contributed by atoms with Gasteiger partial charge in [-0.2, -0.15) is 0 Å². The lowest BCUT2D eigenvalue weighted by molar-refractivity contribution is 0.0915. The van der Waals surface area contributed by atoms with Crippen LogP contribution in [0.5, 0.6) is 0 Å². The van der Waals surface area contributed by atoms with E-state index in [1.807, 2.05) is 0 Å². The molecule has 1 amide bonds. The molecule has 3 N–H and O–H groups in total. The molecule has 136 valence electrons. The first-order chi connectivity index (χ1) is 10.8. The van der Waals surface area contributed by atoms with Crippen molar-refractivity contribution in [1.82, 2.24) is 15.4 Å². The van der Waals surface area contributed by atoms with E-state index >= 15 is 0 Å². The fraction of sp³-hybridized carbons (Fsp3) is 0.562. The first-order valence-electron chi connectivity index (χ1n) is 7.93. The van der Waals surface area contributed by atoms with Crippen molar-refractivity contribution in [3.63, 3.8) is 0 Å². The third-order valence-electron chi connectivity index (χ3n) is 3.96. The first kappa shape index (κ1) is 20.9. The van der Waals surface area contributed by atoms with Gasteiger partial charge in [0.1, 0.15) is 0 Å². The van der Waals surface area contributed by atoms with Gasteiger partial charge in [0.25, 0.3) is 5.91 Å². The van der Waals surface area contributed by atoms with Gasteiger partial charge in [-0.05, 0) is 57.0 Å². The summed E-state index contributed by atoms with van der Waals surface area (Å²) in [7, 11) is -3.53. The van der Waals surface area contributed by atoms with Crippen LogP contribution < -0.4 is 15.4 Å². The Morgan fingerprint density at radius 1 is 1.25 bits per heavy atom. The van der Waals surface area contributed by atoms with Crippen molar-refractivity contribution in [2.24, 2.45) is 5.92 Å². The van der Waals surface area contributed by atoms with Crippen LogP contribution in [0.15, 0.2) is 29.2 Å². The van der Waals surface area contributed by atoms with Crippen molar-refractivity contribution in [3.8, 4) is 0 Å². The third-order valence-corrected chi connectivity index (χ3v) is 5.64. The summed E-state index contributed by atoms with van der Waals surface area (Å²) in [6.07, 6.45) is 1.03. The number of hydrogen-bond donors (Lipinski definition) is 3. The van der Waals surface area contributed by atoms with Crippen molar-refractivity contribution < 1.29 is 13.2 Å². The minimum atomic E-state index is -3.53. The zero-order chi connectivity index (χ0) is 17.0. The van der Waals surface area contributed by atoms with E-state index in [2.05, 4.69) is 22.3 Å². The van der Waals surface area contributed by atoms with Crippen molar-refractivity contribution in [1.29, 1.82) is 0 Å². The number of benzene rings is 1. The third kappa shape index (κ3) is 5.44. The monoisotopic (exact) mass is 375 g/mol. The largest absolute Gasteiger partial charge is 0.348 e. The molecule has 1 aliphatic heterocycles.